The van der Waals surface area contributed by atoms with E-state index in [0.29, 0.717) is 5.95 Å². The Balaban J connectivity index is 1.48. The monoisotopic (exact) mass is 512 g/mol. The Bertz CT molecular complexity index is 2080. The summed E-state index contributed by atoms with van der Waals surface area (Å²) in [7, 11) is 0. The Kier molecular flexibility index (Phi) is 5.10. The van der Waals surface area contributed by atoms with Crippen LogP contribution in [0.4, 0.5) is 0 Å². The van der Waals surface area contributed by atoms with Gasteiger partial charge in [-0.25, -0.2) is 9.97 Å². The zero-order chi connectivity index (χ0) is 26.5. The fourth-order valence-electron chi connectivity index (χ4n) is 5.75. The van der Waals surface area contributed by atoms with Gasteiger partial charge >= 0.3 is 0 Å². The molecule has 5 aromatic carbocycles. The van der Waals surface area contributed by atoms with Gasteiger partial charge in [0.1, 0.15) is 0 Å². The second kappa shape index (κ2) is 9.07. The number of benzene rings is 5. The van der Waals surface area contributed by atoms with Crippen molar-refractivity contribution in [1.29, 1.82) is 0 Å². The molecule has 8 aromatic rings. The SMILES string of the molecule is c1ccc(-c2cc(-c3ccccc3)nc(-n3c4ccccc4c4c5c(ccc43)ccn5-c3ccccc3)n2)cc1. The second-order valence-corrected chi connectivity index (χ2v) is 9.94. The third-order valence-corrected chi connectivity index (χ3v) is 7.57. The van der Waals surface area contributed by atoms with Crippen molar-refractivity contribution in [3.8, 4) is 34.2 Å². The lowest BCUT2D eigenvalue weighted by molar-refractivity contribution is 0.996. The van der Waals surface area contributed by atoms with E-state index in [1.807, 2.05) is 36.4 Å². The maximum Gasteiger partial charge on any atom is 0.235 e. The third kappa shape index (κ3) is 3.54. The van der Waals surface area contributed by atoms with Crippen LogP contribution >= 0.6 is 0 Å². The van der Waals surface area contributed by atoms with Gasteiger partial charge in [0.05, 0.1) is 27.9 Å². The van der Waals surface area contributed by atoms with Gasteiger partial charge < -0.3 is 4.57 Å². The molecule has 188 valence electrons. The molecule has 0 saturated heterocycles. The number of fused-ring (bicyclic) bond motifs is 5. The molecule has 8 rings (SSSR count). The van der Waals surface area contributed by atoms with E-state index in [1.54, 1.807) is 0 Å². The molecule has 0 amide bonds. The van der Waals surface area contributed by atoms with E-state index < -0.39 is 0 Å². The maximum absolute atomic E-state index is 5.17. The predicted octanol–water partition coefficient (Wildman–Crippen LogP) is 8.85. The number of nitrogens with zero attached hydrogens (tertiary/aromatic N) is 4. The van der Waals surface area contributed by atoms with Crippen LogP contribution in [-0.2, 0) is 0 Å². The van der Waals surface area contributed by atoms with Crippen LogP contribution in [-0.4, -0.2) is 19.1 Å². The normalized spacial score (nSPS) is 11.5. The molecule has 0 saturated carbocycles. The molecule has 4 nitrogen and oxygen atoms in total. The average Bonchev–Trinajstić information content (AvgIpc) is 3.61. The van der Waals surface area contributed by atoms with Crippen LogP contribution in [0.3, 0.4) is 0 Å². The van der Waals surface area contributed by atoms with Gasteiger partial charge in [0.25, 0.3) is 0 Å². The van der Waals surface area contributed by atoms with Gasteiger partial charge in [0.2, 0.25) is 5.95 Å². The molecular weight excluding hydrogens is 488 g/mol. The lowest BCUT2D eigenvalue weighted by Gasteiger charge is -2.12. The van der Waals surface area contributed by atoms with E-state index in [-0.39, 0.29) is 0 Å². The lowest BCUT2D eigenvalue weighted by atomic mass is 10.1. The molecule has 0 aliphatic rings. The Morgan fingerprint density at radius 3 is 1.77 bits per heavy atom. The van der Waals surface area contributed by atoms with Crippen LogP contribution in [0.5, 0.6) is 0 Å². The van der Waals surface area contributed by atoms with E-state index >= 15 is 0 Å². The van der Waals surface area contributed by atoms with Crippen molar-refractivity contribution in [2.45, 2.75) is 0 Å². The van der Waals surface area contributed by atoms with Crippen molar-refractivity contribution in [3.63, 3.8) is 0 Å². The zero-order valence-corrected chi connectivity index (χ0v) is 21.6. The van der Waals surface area contributed by atoms with Crippen LogP contribution in [0.25, 0.3) is 66.9 Å². The largest absolute Gasteiger partial charge is 0.316 e. The molecule has 0 aliphatic heterocycles. The van der Waals surface area contributed by atoms with Crippen LogP contribution in [0.2, 0.25) is 0 Å². The van der Waals surface area contributed by atoms with Crippen molar-refractivity contribution in [3.05, 3.63) is 146 Å². The van der Waals surface area contributed by atoms with Gasteiger partial charge in [-0.05, 0) is 36.4 Å². The van der Waals surface area contributed by atoms with Crippen LogP contribution < -0.4 is 0 Å². The number of hydrogen-bond donors (Lipinski definition) is 0. The molecule has 3 aromatic heterocycles. The second-order valence-electron chi connectivity index (χ2n) is 9.94. The summed E-state index contributed by atoms with van der Waals surface area (Å²) in [5, 5.41) is 3.56. The number of rotatable bonds is 4. The Morgan fingerprint density at radius 2 is 1.10 bits per heavy atom. The Labute approximate surface area is 231 Å². The summed E-state index contributed by atoms with van der Waals surface area (Å²) < 4.78 is 4.50. The summed E-state index contributed by atoms with van der Waals surface area (Å²) in [4.78, 5) is 10.3. The molecule has 4 heteroatoms. The van der Waals surface area contributed by atoms with Gasteiger partial charge in [-0.3, -0.25) is 4.57 Å². The number of aromatic nitrogens is 4. The summed E-state index contributed by atoms with van der Waals surface area (Å²) in [6, 6.07) is 48.4. The number of para-hydroxylation sites is 2. The third-order valence-electron chi connectivity index (χ3n) is 7.57. The highest BCUT2D eigenvalue weighted by Gasteiger charge is 2.20. The van der Waals surface area contributed by atoms with Crippen molar-refractivity contribution in [1.82, 2.24) is 19.1 Å². The zero-order valence-electron chi connectivity index (χ0n) is 21.6. The minimum Gasteiger partial charge on any atom is -0.316 e. The lowest BCUT2D eigenvalue weighted by Crippen LogP contribution is -2.04. The predicted molar refractivity (Wildman–Crippen MR) is 164 cm³/mol. The molecule has 0 spiro atoms. The first-order chi connectivity index (χ1) is 19.8. The minimum absolute atomic E-state index is 0.656. The molecule has 0 unspecified atom stereocenters. The minimum atomic E-state index is 0.656. The van der Waals surface area contributed by atoms with Gasteiger partial charge in [-0.2, -0.15) is 0 Å². The molecule has 0 fully saturated rings. The highest BCUT2D eigenvalue weighted by molar-refractivity contribution is 6.20. The van der Waals surface area contributed by atoms with Crippen molar-refractivity contribution in [2.75, 3.05) is 0 Å². The first kappa shape index (κ1) is 22.5. The van der Waals surface area contributed by atoms with Gasteiger partial charge in [0.15, 0.2) is 0 Å². The fourth-order valence-corrected chi connectivity index (χ4v) is 5.75. The smallest absolute Gasteiger partial charge is 0.235 e. The highest BCUT2D eigenvalue weighted by Crippen LogP contribution is 2.38. The molecular formula is C36H24N4. The quantitative estimate of drug-likeness (QED) is 0.236. The molecule has 3 heterocycles. The van der Waals surface area contributed by atoms with Crippen molar-refractivity contribution < 1.29 is 0 Å². The molecule has 0 N–H and O–H groups in total. The highest BCUT2D eigenvalue weighted by atomic mass is 15.2. The topological polar surface area (TPSA) is 35.6 Å². The molecule has 0 aliphatic carbocycles. The summed E-state index contributed by atoms with van der Waals surface area (Å²) in [6.45, 7) is 0. The summed E-state index contributed by atoms with van der Waals surface area (Å²) in [5.74, 6) is 0.656. The summed E-state index contributed by atoms with van der Waals surface area (Å²) in [5.41, 5.74) is 8.38. The maximum atomic E-state index is 5.17. The summed E-state index contributed by atoms with van der Waals surface area (Å²) in [6.07, 6.45) is 2.16. The summed E-state index contributed by atoms with van der Waals surface area (Å²) >= 11 is 0. The Hall–Kier alpha value is -5.48. The first-order valence-corrected chi connectivity index (χ1v) is 13.4. The van der Waals surface area contributed by atoms with Gasteiger partial charge in [-0.15, -0.1) is 0 Å². The van der Waals surface area contributed by atoms with Crippen molar-refractivity contribution >= 4 is 32.7 Å². The van der Waals surface area contributed by atoms with Gasteiger partial charge in [-0.1, -0.05) is 103 Å². The molecule has 0 radical (unpaired) electrons. The molecule has 0 atom stereocenters. The fraction of sp³-hybridized carbons (Fsp3) is 0. The molecule has 40 heavy (non-hydrogen) atoms. The van der Waals surface area contributed by atoms with Crippen LogP contribution in [0.15, 0.2) is 146 Å². The van der Waals surface area contributed by atoms with Gasteiger partial charge in [0, 0.05) is 39.2 Å². The van der Waals surface area contributed by atoms with Crippen LogP contribution in [0, 0.1) is 0 Å². The standard InChI is InChI=1S/C36H24N4/c1-4-12-25(13-5-1)30-24-31(26-14-6-2-7-15-26)38-36(37-30)40-32-19-11-10-18-29(32)34-33(40)21-20-27-22-23-39(35(27)34)28-16-8-3-9-17-28/h1-24H. The van der Waals surface area contributed by atoms with Crippen LogP contribution in [0.1, 0.15) is 0 Å². The van der Waals surface area contributed by atoms with Crippen molar-refractivity contribution in [2.24, 2.45) is 0 Å². The average molecular weight is 513 g/mol. The first-order valence-electron chi connectivity index (χ1n) is 13.4. The molecule has 0 bridgehead atoms. The van der Waals surface area contributed by atoms with E-state index in [2.05, 4.69) is 118 Å². The van der Waals surface area contributed by atoms with E-state index in [0.717, 1.165) is 39.2 Å². The van der Waals surface area contributed by atoms with E-state index in [1.165, 1.54) is 21.7 Å². The van der Waals surface area contributed by atoms with E-state index in [9.17, 15) is 0 Å². The Morgan fingerprint density at radius 1 is 0.500 bits per heavy atom. The number of hydrogen-bond acceptors (Lipinski definition) is 2. The van der Waals surface area contributed by atoms with E-state index in [4.69, 9.17) is 9.97 Å².